The number of aromatic amines is 2. The lowest BCUT2D eigenvalue weighted by Gasteiger charge is -2.20. The Morgan fingerprint density at radius 1 is 1.22 bits per heavy atom. The Kier molecular flexibility index (Phi) is 3.87. The summed E-state index contributed by atoms with van der Waals surface area (Å²) in [5.41, 5.74) is 2.77. The highest BCUT2D eigenvalue weighted by Crippen LogP contribution is 2.18. The van der Waals surface area contributed by atoms with Gasteiger partial charge in [-0.15, -0.1) is 0 Å². The maximum Gasteiger partial charge on any atom is 0.323 e. The maximum absolute atomic E-state index is 11.2. The van der Waals surface area contributed by atoms with Gasteiger partial charge < -0.3 is 15.3 Å². The Morgan fingerprint density at radius 3 is 2.67 bits per heavy atom. The number of rotatable bonds is 5. The first kappa shape index (κ1) is 12.9. The van der Waals surface area contributed by atoms with Crippen molar-refractivity contribution in [1.82, 2.24) is 15.3 Å². The summed E-state index contributed by atoms with van der Waals surface area (Å²) in [5, 5.41) is 3.57. The minimum atomic E-state index is -0.151. The van der Waals surface area contributed by atoms with Crippen LogP contribution in [0.2, 0.25) is 0 Å². The number of nitrogens with one attached hydrogen (secondary N) is 3. The van der Waals surface area contributed by atoms with E-state index in [1.807, 2.05) is 12.1 Å². The second kappa shape index (κ2) is 5.40. The fourth-order valence-electron chi connectivity index (χ4n) is 2.36. The van der Waals surface area contributed by atoms with Crippen LogP contribution in [0.4, 0.5) is 0 Å². The van der Waals surface area contributed by atoms with Gasteiger partial charge in [0.1, 0.15) is 0 Å². The third kappa shape index (κ3) is 2.82. The summed E-state index contributed by atoms with van der Waals surface area (Å²) >= 11 is 0. The quantitative estimate of drug-likeness (QED) is 0.760. The molecule has 0 aliphatic heterocycles. The van der Waals surface area contributed by atoms with Crippen molar-refractivity contribution in [3.63, 3.8) is 0 Å². The lowest BCUT2D eigenvalue weighted by Crippen LogP contribution is -2.28. The number of fused-ring (bicyclic) bond motifs is 1. The van der Waals surface area contributed by atoms with E-state index in [1.54, 1.807) is 0 Å². The van der Waals surface area contributed by atoms with Crippen LogP contribution in [0.15, 0.2) is 23.0 Å². The molecule has 0 radical (unpaired) electrons. The van der Waals surface area contributed by atoms with Crippen molar-refractivity contribution in [2.45, 2.75) is 45.7 Å². The molecule has 0 bridgehead atoms. The number of imidazole rings is 1. The molecule has 1 aromatic carbocycles. The summed E-state index contributed by atoms with van der Waals surface area (Å²) in [6.07, 6.45) is 2.36. The van der Waals surface area contributed by atoms with E-state index in [9.17, 15) is 4.79 Å². The zero-order valence-electron chi connectivity index (χ0n) is 11.2. The van der Waals surface area contributed by atoms with E-state index >= 15 is 0 Å². The smallest absolute Gasteiger partial charge is 0.308 e. The Morgan fingerprint density at radius 2 is 1.94 bits per heavy atom. The van der Waals surface area contributed by atoms with Crippen LogP contribution in [0, 0.1) is 0 Å². The highest BCUT2D eigenvalue weighted by Gasteiger charge is 2.10. The molecule has 0 aliphatic carbocycles. The molecule has 2 aromatic rings. The fraction of sp³-hybridized carbons (Fsp3) is 0.500. The molecule has 2 unspecified atom stereocenters. The summed E-state index contributed by atoms with van der Waals surface area (Å²) < 4.78 is 0. The first-order valence-electron chi connectivity index (χ1n) is 6.58. The van der Waals surface area contributed by atoms with Gasteiger partial charge >= 0.3 is 5.69 Å². The van der Waals surface area contributed by atoms with Gasteiger partial charge in [0.05, 0.1) is 11.0 Å². The fourth-order valence-corrected chi connectivity index (χ4v) is 2.36. The van der Waals surface area contributed by atoms with Crippen LogP contribution >= 0.6 is 0 Å². The molecule has 98 valence electrons. The topological polar surface area (TPSA) is 60.7 Å². The van der Waals surface area contributed by atoms with Crippen LogP contribution in [0.1, 0.15) is 45.2 Å². The summed E-state index contributed by atoms with van der Waals surface area (Å²) in [5.74, 6) is 0. The van der Waals surface area contributed by atoms with Gasteiger partial charge in [-0.25, -0.2) is 4.79 Å². The lowest BCUT2D eigenvalue weighted by molar-refractivity contribution is 0.453. The molecule has 1 aromatic heterocycles. The van der Waals surface area contributed by atoms with Crippen molar-refractivity contribution in [3.05, 3.63) is 34.2 Å². The minimum Gasteiger partial charge on any atom is -0.308 e. The van der Waals surface area contributed by atoms with Gasteiger partial charge in [-0.2, -0.15) is 0 Å². The van der Waals surface area contributed by atoms with Crippen molar-refractivity contribution >= 4 is 11.0 Å². The maximum atomic E-state index is 11.2. The van der Waals surface area contributed by atoms with Crippen molar-refractivity contribution in [1.29, 1.82) is 0 Å². The second-order valence-electron chi connectivity index (χ2n) is 4.96. The van der Waals surface area contributed by atoms with Crippen LogP contribution in [0.3, 0.4) is 0 Å². The molecule has 4 nitrogen and oxygen atoms in total. The largest absolute Gasteiger partial charge is 0.323 e. The Hall–Kier alpha value is -1.55. The van der Waals surface area contributed by atoms with Crippen molar-refractivity contribution in [2.24, 2.45) is 0 Å². The second-order valence-corrected chi connectivity index (χ2v) is 4.96. The first-order chi connectivity index (χ1) is 8.60. The van der Waals surface area contributed by atoms with E-state index in [2.05, 4.69) is 42.1 Å². The first-order valence-corrected chi connectivity index (χ1v) is 6.58. The van der Waals surface area contributed by atoms with Crippen molar-refractivity contribution < 1.29 is 0 Å². The van der Waals surface area contributed by atoms with Gasteiger partial charge in [0.2, 0.25) is 0 Å². The van der Waals surface area contributed by atoms with E-state index in [-0.39, 0.29) is 11.7 Å². The minimum absolute atomic E-state index is 0.151. The molecule has 0 aliphatic rings. The summed E-state index contributed by atoms with van der Waals surface area (Å²) in [6, 6.07) is 6.83. The van der Waals surface area contributed by atoms with Gasteiger partial charge in [0.25, 0.3) is 0 Å². The van der Waals surface area contributed by atoms with E-state index in [0.717, 1.165) is 11.0 Å². The molecule has 2 atom stereocenters. The molecule has 4 heteroatoms. The van der Waals surface area contributed by atoms with E-state index in [1.165, 1.54) is 18.4 Å². The predicted octanol–water partition coefficient (Wildman–Crippen LogP) is 2.70. The van der Waals surface area contributed by atoms with Crippen LogP contribution < -0.4 is 11.0 Å². The molecule has 0 spiro atoms. The van der Waals surface area contributed by atoms with Crippen molar-refractivity contribution in [2.75, 3.05) is 0 Å². The highest BCUT2D eigenvalue weighted by molar-refractivity contribution is 5.75. The average molecular weight is 247 g/mol. The molecule has 0 saturated carbocycles. The Labute approximate surface area is 107 Å². The van der Waals surface area contributed by atoms with Crippen molar-refractivity contribution in [3.8, 4) is 0 Å². The van der Waals surface area contributed by atoms with Gasteiger partial charge in [0, 0.05) is 12.1 Å². The van der Waals surface area contributed by atoms with E-state index in [0.29, 0.717) is 6.04 Å². The lowest BCUT2D eigenvalue weighted by atomic mass is 10.1. The number of benzene rings is 1. The molecule has 18 heavy (non-hydrogen) atoms. The van der Waals surface area contributed by atoms with E-state index < -0.39 is 0 Å². The zero-order chi connectivity index (χ0) is 13.1. The molecular weight excluding hydrogens is 226 g/mol. The number of hydrogen-bond donors (Lipinski definition) is 3. The molecular formula is C14H21N3O. The molecule has 3 N–H and O–H groups in total. The summed E-state index contributed by atoms with van der Waals surface area (Å²) in [7, 11) is 0. The van der Waals surface area contributed by atoms with Gasteiger partial charge in [-0.05, 0) is 38.0 Å². The molecule has 1 heterocycles. The highest BCUT2D eigenvalue weighted by atomic mass is 16.1. The molecule has 0 saturated heterocycles. The Bertz CT molecular complexity index is 570. The SMILES string of the molecule is CCCC(C)NC(C)c1ccc2[nH]c(=O)[nH]c2c1. The third-order valence-electron chi connectivity index (χ3n) is 3.30. The number of H-pyrrole nitrogens is 2. The van der Waals surface area contributed by atoms with Crippen LogP contribution in [0.5, 0.6) is 0 Å². The van der Waals surface area contributed by atoms with Gasteiger partial charge in [0.15, 0.2) is 0 Å². The number of aromatic nitrogens is 2. The Balaban J connectivity index is 2.17. The normalized spacial score (nSPS) is 14.8. The average Bonchev–Trinajstić information content (AvgIpc) is 2.68. The van der Waals surface area contributed by atoms with Gasteiger partial charge in [-0.1, -0.05) is 19.4 Å². The van der Waals surface area contributed by atoms with Gasteiger partial charge in [-0.3, -0.25) is 0 Å². The number of hydrogen-bond acceptors (Lipinski definition) is 2. The van der Waals surface area contributed by atoms with Crippen LogP contribution in [0.25, 0.3) is 11.0 Å². The molecule has 0 fully saturated rings. The van der Waals surface area contributed by atoms with E-state index in [4.69, 9.17) is 0 Å². The third-order valence-corrected chi connectivity index (χ3v) is 3.30. The molecule has 0 amide bonds. The van der Waals surface area contributed by atoms with Crippen LogP contribution in [-0.4, -0.2) is 16.0 Å². The summed E-state index contributed by atoms with van der Waals surface area (Å²) in [4.78, 5) is 16.8. The molecule has 2 rings (SSSR count). The monoisotopic (exact) mass is 247 g/mol. The van der Waals surface area contributed by atoms with Crippen LogP contribution in [-0.2, 0) is 0 Å². The zero-order valence-corrected chi connectivity index (χ0v) is 11.2. The summed E-state index contributed by atoms with van der Waals surface area (Å²) in [6.45, 7) is 6.55. The predicted molar refractivity (Wildman–Crippen MR) is 74.8 cm³/mol. The standard InChI is InChI=1S/C14H21N3O/c1-4-5-9(2)15-10(3)11-6-7-12-13(8-11)17-14(18)16-12/h6-10,15H,4-5H2,1-3H3,(H2,16,17,18).